The summed E-state index contributed by atoms with van der Waals surface area (Å²) in [6, 6.07) is 8.01. The van der Waals surface area contributed by atoms with E-state index >= 15 is 0 Å². The van der Waals surface area contributed by atoms with Crippen LogP contribution in [0.15, 0.2) is 24.3 Å². The van der Waals surface area contributed by atoms with E-state index in [2.05, 4.69) is 10.6 Å². The van der Waals surface area contributed by atoms with E-state index in [0.29, 0.717) is 13.2 Å². The second-order valence-corrected chi connectivity index (χ2v) is 4.92. The summed E-state index contributed by atoms with van der Waals surface area (Å²) in [4.78, 5) is 12.0. The molecule has 0 spiro atoms. The molecule has 0 bridgehead atoms. The summed E-state index contributed by atoms with van der Waals surface area (Å²) in [5, 5.41) is 6.27. The maximum Gasteiger partial charge on any atom is 0.237 e. The average molecular weight is 299 g/mol. The highest BCUT2D eigenvalue weighted by Crippen LogP contribution is 2.11. The summed E-state index contributed by atoms with van der Waals surface area (Å²) in [6.45, 7) is 2.09. The molecule has 1 atom stereocenters. The van der Waals surface area contributed by atoms with Crippen molar-refractivity contribution in [1.82, 2.24) is 10.6 Å². The summed E-state index contributed by atoms with van der Waals surface area (Å²) < 4.78 is 5.17. The molecule has 20 heavy (non-hydrogen) atoms. The van der Waals surface area contributed by atoms with E-state index in [1.54, 1.807) is 7.11 Å². The van der Waals surface area contributed by atoms with Crippen LogP contribution in [0.2, 0.25) is 0 Å². The Bertz CT molecular complexity index is 420. The van der Waals surface area contributed by atoms with Gasteiger partial charge in [0.25, 0.3) is 0 Å². The lowest BCUT2D eigenvalue weighted by Gasteiger charge is -2.22. The third kappa shape index (κ3) is 4.78. The van der Waals surface area contributed by atoms with Gasteiger partial charge >= 0.3 is 0 Å². The van der Waals surface area contributed by atoms with Crippen molar-refractivity contribution in [2.75, 3.05) is 13.7 Å². The summed E-state index contributed by atoms with van der Waals surface area (Å²) in [6.07, 6.45) is 3.23. The van der Waals surface area contributed by atoms with E-state index in [9.17, 15) is 4.79 Å². The number of hydrogen-bond donors (Lipinski definition) is 2. The normalized spacial score (nSPS) is 18.1. The van der Waals surface area contributed by atoms with Gasteiger partial charge in [0.15, 0.2) is 0 Å². The molecule has 1 amide bonds. The van der Waals surface area contributed by atoms with Crippen molar-refractivity contribution >= 4 is 18.3 Å². The van der Waals surface area contributed by atoms with Crippen molar-refractivity contribution in [2.24, 2.45) is 0 Å². The second kappa shape index (κ2) is 8.95. The molecule has 0 aromatic heterocycles. The van der Waals surface area contributed by atoms with Gasteiger partial charge < -0.3 is 15.4 Å². The van der Waals surface area contributed by atoms with E-state index in [1.165, 1.54) is 6.42 Å². The maximum atomic E-state index is 12.0. The lowest BCUT2D eigenvalue weighted by atomic mass is 10.0. The number of ether oxygens (including phenoxy) is 1. The Morgan fingerprint density at radius 3 is 2.75 bits per heavy atom. The molecule has 1 aromatic carbocycles. The number of methoxy groups -OCH3 is 1. The molecule has 1 aliphatic heterocycles. The van der Waals surface area contributed by atoms with Gasteiger partial charge in [0.05, 0.1) is 12.6 Å². The molecule has 1 saturated heterocycles. The van der Waals surface area contributed by atoms with Crippen LogP contribution >= 0.6 is 12.4 Å². The fourth-order valence-electron chi connectivity index (χ4n) is 2.41. The fraction of sp³-hybridized carbons (Fsp3) is 0.533. The zero-order chi connectivity index (χ0) is 13.5. The van der Waals surface area contributed by atoms with Crippen LogP contribution < -0.4 is 10.6 Å². The van der Waals surface area contributed by atoms with Gasteiger partial charge in [-0.25, -0.2) is 0 Å². The first-order chi connectivity index (χ1) is 9.31. The molecule has 4 nitrogen and oxygen atoms in total. The zero-order valence-electron chi connectivity index (χ0n) is 11.9. The SMILES string of the molecule is COCc1ccccc1CNC(=O)[C@@H]1CCCCN1.Cl. The van der Waals surface area contributed by atoms with Gasteiger partial charge in [0, 0.05) is 13.7 Å². The summed E-state index contributed by atoms with van der Waals surface area (Å²) in [7, 11) is 1.68. The maximum absolute atomic E-state index is 12.0. The van der Waals surface area contributed by atoms with E-state index in [1.807, 2.05) is 24.3 Å². The van der Waals surface area contributed by atoms with Gasteiger partial charge in [-0.1, -0.05) is 30.7 Å². The largest absolute Gasteiger partial charge is 0.380 e. The topological polar surface area (TPSA) is 50.4 Å². The first-order valence-electron chi connectivity index (χ1n) is 6.88. The molecule has 5 heteroatoms. The van der Waals surface area contributed by atoms with Gasteiger partial charge in [-0.3, -0.25) is 4.79 Å². The summed E-state index contributed by atoms with van der Waals surface area (Å²) in [5.74, 6) is 0.104. The number of hydrogen-bond acceptors (Lipinski definition) is 3. The molecule has 0 radical (unpaired) electrons. The Labute approximate surface area is 126 Å². The van der Waals surface area contributed by atoms with Crippen molar-refractivity contribution in [3.05, 3.63) is 35.4 Å². The molecular weight excluding hydrogens is 276 g/mol. The van der Waals surface area contributed by atoms with Crippen LogP contribution in [0, 0.1) is 0 Å². The van der Waals surface area contributed by atoms with Gasteiger partial charge in [-0.05, 0) is 30.5 Å². The number of carbonyl (C=O) groups is 1. The van der Waals surface area contributed by atoms with Gasteiger partial charge in [0.1, 0.15) is 0 Å². The molecule has 0 saturated carbocycles. The molecule has 0 unspecified atom stereocenters. The van der Waals surface area contributed by atoms with Crippen molar-refractivity contribution in [3.63, 3.8) is 0 Å². The first-order valence-corrected chi connectivity index (χ1v) is 6.88. The van der Waals surface area contributed by atoms with Crippen molar-refractivity contribution < 1.29 is 9.53 Å². The van der Waals surface area contributed by atoms with Crippen LogP contribution in [0.1, 0.15) is 30.4 Å². The Hall–Kier alpha value is -1.10. The third-order valence-corrected chi connectivity index (χ3v) is 3.50. The van der Waals surface area contributed by atoms with Crippen molar-refractivity contribution in [2.45, 2.75) is 38.5 Å². The Morgan fingerprint density at radius 1 is 1.35 bits per heavy atom. The van der Waals surface area contributed by atoms with Crippen LogP contribution in [-0.4, -0.2) is 25.6 Å². The minimum absolute atomic E-state index is 0. The molecule has 1 aliphatic rings. The fourth-order valence-corrected chi connectivity index (χ4v) is 2.41. The Morgan fingerprint density at radius 2 is 2.10 bits per heavy atom. The Balaban J connectivity index is 0.00000200. The van der Waals surface area contributed by atoms with Gasteiger partial charge in [-0.2, -0.15) is 0 Å². The van der Waals surface area contributed by atoms with Crippen molar-refractivity contribution in [3.8, 4) is 0 Å². The predicted octanol–water partition coefficient (Wildman–Crippen LogP) is 2.01. The summed E-state index contributed by atoms with van der Waals surface area (Å²) in [5.41, 5.74) is 2.25. The average Bonchev–Trinajstić information content (AvgIpc) is 2.47. The molecule has 1 heterocycles. The van der Waals surface area contributed by atoms with E-state index in [4.69, 9.17) is 4.74 Å². The number of benzene rings is 1. The minimum Gasteiger partial charge on any atom is -0.380 e. The molecule has 2 N–H and O–H groups in total. The van der Waals surface area contributed by atoms with Gasteiger partial charge in [-0.15, -0.1) is 12.4 Å². The predicted molar refractivity (Wildman–Crippen MR) is 81.9 cm³/mol. The number of carbonyl (C=O) groups excluding carboxylic acids is 1. The number of piperidine rings is 1. The first kappa shape index (κ1) is 17.0. The molecule has 112 valence electrons. The highest BCUT2D eigenvalue weighted by molar-refractivity contribution is 5.85. The zero-order valence-corrected chi connectivity index (χ0v) is 12.7. The number of nitrogens with one attached hydrogen (secondary N) is 2. The summed E-state index contributed by atoms with van der Waals surface area (Å²) >= 11 is 0. The Kier molecular flexibility index (Phi) is 7.59. The number of halogens is 1. The number of rotatable bonds is 5. The minimum atomic E-state index is -0.0247. The second-order valence-electron chi connectivity index (χ2n) is 4.92. The third-order valence-electron chi connectivity index (χ3n) is 3.50. The van der Waals surface area contributed by atoms with Crippen LogP contribution in [0.3, 0.4) is 0 Å². The molecule has 1 aromatic rings. The van der Waals surface area contributed by atoms with E-state index < -0.39 is 0 Å². The highest BCUT2D eigenvalue weighted by atomic mass is 35.5. The molecule has 0 aliphatic carbocycles. The highest BCUT2D eigenvalue weighted by Gasteiger charge is 2.20. The number of amides is 1. The van der Waals surface area contributed by atoms with Crippen LogP contribution in [0.25, 0.3) is 0 Å². The lowest BCUT2D eigenvalue weighted by molar-refractivity contribution is -0.123. The smallest absolute Gasteiger partial charge is 0.237 e. The van der Waals surface area contributed by atoms with E-state index in [0.717, 1.165) is 30.5 Å². The van der Waals surface area contributed by atoms with Crippen LogP contribution in [-0.2, 0) is 22.7 Å². The standard InChI is InChI=1S/C15H22N2O2.ClH/c1-19-11-13-7-3-2-6-12(13)10-17-15(18)14-8-4-5-9-16-14;/h2-3,6-7,14,16H,4-5,8-11H2,1H3,(H,17,18);1H/t14-;/m0./s1. The van der Waals surface area contributed by atoms with Crippen LogP contribution in [0.4, 0.5) is 0 Å². The van der Waals surface area contributed by atoms with Crippen LogP contribution in [0.5, 0.6) is 0 Å². The molecule has 1 fully saturated rings. The monoisotopic (exact) mass is 298 g/mol. The molecular formula is C15H23ClN2O2. The molecule has 2 rings (SSSR count). The van der Waals surface area contributed by atoms with Gasteiger partial charge in [0.2, 0.25) is 5.91 Å². The van der Waals surface area contributed by atoms with Crippen molar-refractivity contribution in [1.29, 1.82) is 0 Å². The quantitative estimate of drug-likeness (QED) is 0.874. The lowest BCUT2D eigenvalue weighted by Crippen LogP contribution is -2.46. The van der Waals surface area contributed by atoms with E-state index in [-0.39, 0.29) is 24.4 Å².